The Balaban J connectivity index is 1.91. The molecule has 0 aromatic carbocycles. The van der Waals surface area contributed by atoms with Crippen molar-refractivity contribution in [2.45, 2.75) is 64.6 Å². The summed E-state index contributed by atoms with van der Waals surface area (Å²) in [5.41, 5.74) is 0.482. The Labute approximate surface area is 119 Å². The Morgan fingerprint density at radius 1 is 1.32 bits per heavy atom. The van der Waals surface area contributed by atoms with Crippen molar-refractivity contribution in [1.29, 1.82) is 0 Å². The molecular weight excluding hydrogens is 236 g/mol. The fourth-order valence-electron chi connectivity index (χ4n) is 3.78. The molecule has 2 saturated carbocycles. The van der Waals surface area contributed by atoms with Crippen molar-refractivity contribution in [3.05, 3.63) is 0 Å². The Kier molecular flexibility index (Phi) is 4.91. The molecule has 19 heavy (non-hydrogen) atoms. The smallest absolute Gasteiger partial charge is 0.0661 e. The highest BCUT2D eigenvalue weighted by molar-refractivity contribution is 5.12. The van der Waals surface area contributed by atoms with E-state index in [9.17, 15) is 0 Å². The molecule has 0 bridgehead atoms. The van der Waals surface area contributed by atoms with Crippen LogP contribution in [-0.4, -0.2) is 50.3 Å². The fourth-order valence-corrected chi connectivity index (χ4v) is 3.78. The minimum Gasteiger partial charge on any atom is -0.378 e. The number of nitrogens with one attached hydrogen (secondary N) is 1. The molecule has 2 aliphatic carbocycles. The van der Waals surface area contributed by atoms with Crippen molar-refractivity contribution < 1.29 is 4.74 Å². The summed E-state index contributed by atoms with van der Waals surface area (Å²) in [5.74, 6) is 0.686. The van der Waals surface area contributed by atoms with Gasteiger partial charge in [-0.1, -0.05) is 20.3 Å². The molecule has 0 radical (unpaired) electrons. The zero-order valence-electron chi connectivity index (χ0n) is 13.4. The van der Waals surface area contributed by atoms with Gasteiger partial charge >= 0.3 is 0 Å². The summed E-state index contributed by atoms with van der Waals surface area (Å²) < 4.78 is 5.94. The van der Waals surface area contributed by atoms with Crippen molar-refractivity contribution >= 4 is 0 Å². The van der Waals surface area contributed by atoms with E-state index in [4.69, 9.17) is 4.74 Å². The average molecular weight is 268 g/mol. The zero-order chi connectivity index (χ0) is 14.0. The highest BCUT2D eigenvalue weighted by Crippen LogP contribution is 2.57. The van der Waals surface area contributed by atoms with Crippen LogP contribution in [0.1, 0.15) is 46.5 Å². The summed E-state index contributed by atoms with van der Waals surface area (Å²) in [6.07, 6.45) is 5.85. The quantitative estimate of drug-likeness (QED) is 0.768. The van der Waals surface area contributed by atoms with Gasteiger partial charge in [0.25, 0.3) is 0 Å². The van der Waals surface area contributed by atoms with Crippen LogP contribution < -0.4 is 5.32 Å². The predicted molar refractivity (Wildman–Crippen MR) is 80.4 cm³/mol. The summed E-state index contributed by atoms with van der Waals surface area (Å²) in [5, 5.41) is 3.94. The lowest BCUT2D eigenvalue weighted by Crippen LogP contribution is -2.69. The van der Waals surface area contributed by atoms with E-state index in [1.54, 1.807) is 0 Å². The first kappa shape index (κ1) is 15.3. The molecule has 3 atom stereocenters. The molecule has 1 N–H and O–H groups in total. The molecule has 2 rings (SSSR count). The van der Waals surface area contributed by atoms with Crippen LogP contribution in [0.2, 0.25) is 0 Å². The van der Waals surface area contributed by atoms with E-state index in [0.29, 0.717) is 29.5 Å². The lowest BCUT2D eigenvalue weighted by atomic mass is 9.51. The first-order chi connectivity index (χ1) is 8.99. The third kappa shape index (κ3) is 2.98. The molecule has 2 fully saturated rings. The number of nitrogens with zero attached hydrogens (tertiary/aromatic N) is 1. The largest absolute Gasteiger partial charge is 0.378 e. The molecule has 0 saturated heterocycles. The first-order valence-corrected chi connectivity index (χ1v) is 8.02. The minimum atomic E-state index is 0.482. The normalized spacial score (nSPS) is 30.5. The van der Waals surface area contributed by atoms with Crippen molar-refractivity contribution in [1.82, 2.24) is 10.2 Å². The molecule has 0 aromatic rings. The van der Waals surface area contributed by atoms with Crippen LogP contribution >= 0.6 is 0 Å². The standard InChI is InChI=1S/C16H32N2O/c1-6-19-15-10-14(16(15)8-7-9-16)17-13(12(2)3)11-18(4)5/h12-15,17H,6-11H2,1-5H3. The number of hydrogen-bond acceptors (Lipinski definition) is 3. The lowest BCUT2D eigenvalue weighted by molar-refractivity contribution is -0.175. The highest BCUT2D eigenvalue weighted by Gasteiger charge is 2.59. The van der Waals surface area contributed by atoms with Crippen molar-refractivity contribution in [2.75, 3.05) is 27.2 Å². The highest BCUT2D eigenvalue weighted by atomic mass is 16.5. The summed E-state index contributed by atoms with van der Waals surface area (Å²) in [6, 6.07) is 1.28. The van der Waals surface area contributed by atoms with E-state index in [-0.39, 0.29) is 0 Å². The van der Waals surface area contributed by atoms with Gasteiger partial charge < -0.3 is 15.0 Å². The van der Waals surface area contributed by atoms with E-state index >= 15 is 0 Å². The monoisotopic (exact) mass is 268 g/mol. The van der Waals surface area contributed by atoms with E-state index in [1.807, 2.05) is 0 Å². The van der Waals surface area contributed by atoms with E-state index < -0.39 is 0 Å². The second-order valence-electron chi connectivity index (χ2n) is 7.10. The van der Waals surface area contributed by atoms with Gasteiger partial charge in [-0.3, -0.25) is 0 Å². The van der Waals surface area contributed by atoms with Crippen LogP contribution in [0.25, 0.3) is 0 Å². The van der Waals surface area contributed by atoms with Crippen LogP contribution in [0.15, 0.2) is 0 Å². The van der Waals surface area contributed by atoms with E-state index in [1.165, 1.54) is 25.7 Å². The van der Waals surface area contributed by atoms with Crippen LogP contribution in [-0.2, 0) is 4.74 Å². The molecule has 112 valence electrons. The third-order valence-electron chi connectivity index (χ3n) is 5.22. The van der Waals surface area contributed by atoms with E-state index in [0.717, 1.165) is 13.2 Å². The van der Waals surface area contributed by atoms with Crippen molar-refractivity contribution in [2.24, 2.45) is 11.3 Å². The number of rotatable bonds is 7. The Hall–Kier alpha value is -0.120. The molecule has 2 aliphatic rings. The third-order valence-corrected chi connectivity index (χ3v) is 5.22. The van der Waals surface area contributed by atoms with Gasteiger partial charge in [0.15, 0.2) is 0 Å². The maximum atomic E-state index is 5.94. The maximum absolute atomic E-state index is 5.94. The van der Waals surface area contributed by atoms with Gasteiger partial charge in [0.1, 0.15) is 0 Å². The minimum absolute atomic E-state index is 0.482. The zero-order valence-corrected chi connectivity index (χ0v) is 13.4. The van der Waals surface area contributed by atoms with Gasteiger partial charge in [0.05, 0.1) is 6.10 Å². The summed E-state index contributed by atoms with van der Waals surface area (Å²) in [6.45, 7) is 8.77. The summed E-state index contributed by atoms with van der Waals surface area (Å²) >= 11 is 0. The second kappa shape index (κ2) is 6.11. The molecule has 3 unspecified atom stereocenters. The first-order valence-electron chi connectivity index (χ1n) is 8.02. The Bertz CT molecular complexity index is 286. The molecule has 0 amide bonds. The molecule has 0 heterocycles. The fraction of sp³-hybridized carbons (Fsp3) is 1.00. The van der Waals surface area contributed by atoms with Crippen LogP contribution in [0, 0.1) is 11.3 Å². The lowest BCUT2D eigenvalue weighted by Gasteiger charge is -2.62. The van der Waals surface area contributed by atoms with Crippen LogP contribution in [0.4, 0.5) is 0 Å². The average Bonchev–Trinajstić information content (AvgIpc) is 2.22. The molecule has 0 aromatic heterocycles. The Morgan fingerprint density at radius 3 is 2.42 bits per heavy atom. The van der Waals surface area contributed by atoms with Gasteiger partial charge in [0.2, 0.25) is 0 Å². The van der Waals surface area contributed by atoms with Gasteiger partial charge in [-0.25, -0.2) is 0 Å². The molecular formula is C16H32N2O. The maximum Gasteiger partial charge on any atom is 0.0661 e. The van der Waals surface area contributed by atoms with Gasteiger partial charge in [-0.05, 0) is 46.2 Å². The molecule has 3 nitrogen and oxygen atoms in total. The van der Waals surface area contributed by atoms with Crippen LogP contribution in [0.5, 0.6) is 0 Å². The topological polar surface area (TPSA) is 24.5 Å². The van der Waals surface area contributed by atoms with E-state index in [2.05, 4.69) is 45.1 Å². The number of likely N-dealkylation sites (N-methyl/N-ethyl adjacent to an activating group) is 1. The van der Waals surface area contributed by atoms with Crippen molar-refractivity contribution in [3.63, 3.8) is 0 Å². The van der Waals surface area contributed by atoms with Gasteiger partial charge in [0, 0.05) is 30.7 Å². The summed E-state index contributed by atoms with van der Waals surface area (Å²) in [7, 11) is 4.33. The number of hydrogen-bond donors (Lipinski definition) is 1. The van der Waals surface area contributed by atoms with Crippen molar-refractivity contribution in [3.8, 4) is 0 Å². The SMILES string of the molecule is CCOC1CC(NC(CN(C)C)C(C)C)C12CCC2. The Morgan fingerprint density at radius 2 is 2.00 bits per heavy atom. The van der Waals surface area contributed by atoms with Crippen LogP contribution in [0.3, 0.4) is 0 Å². The van der Waals surface area contributed by atoms with Gasteiger partial charge in [-0.2, -0.15) is 0 Å². The van der Waals surface area contributed by atoms with Gasteiger partial charge in [-0.15, -0.1) is 0 Å². The molecule has 0 aliphatic heterocycles. The molecule has 1 spiro atoms. The second-order valence-corrected chi connectivity index (χ2v) is 7.10. The summed E-state index contributed by atoms with van der Waals surface area (Å²) in [4.78, 5) is 2.30. The molecule has 3 heteroatoms. The number of ether oxygens (including phenoxy) is 1. The predicted octanol–water partition coefficient (Wildman–Crippen LogP) is 2.51.